The zero-order chi connectivity index (χ0) is 20.1. The van der Waals surface area contributed by atoms with E-state index in [0.717, 1.165) is 16.3 Å². The number of aromatic nitrogens is 2. The van der Waals surface area contributed by atoms with Gasteiger partial charge >= 0.3 is 0 Å². The number of thiazole rings is 1. The first kappa shape index (κ1) is 20.0. The van der Waals surface area contributed by atoms with Gasteiger partial charge in [0.1, 0.15) is 9.88 Å². The lowest BCUT2D eigenvalue weighted by atomic mass is 10.3. The molecule has 144 valence electrons. The summed E-state index contributed by atoms with van der Waals surface area (Å²) in [4.78, 5) is 36.8. The molecule has 0 unspecified atom stereocenters. The molecule has 0 saturated carbocycles. The summed E-state index contributed by atoms with van der Waals surface area (Å²) in [6.07, 6.45) is 3.64. The Bertz CT molecular complexity index is 989. The SMILES string of the molecule is CSc1ccccc1NC(=O)CN(C)C(=O)c1sc(-c2ccccn2)nc1C. The quantitative estimate of drug-likeness (QED) is 0.621. The summed E-state index contributed by atoms with van der Waals surface area (Å²) in [6, 6.07) is 13.1. The van der Waals surface area contributed by atoms with Gasteiger partial charge in [0.15, 0.2) is 0 Å². The molecule has 6 nitrogen and oxygen atoms in total. The molecule has 1 aromatic carbocycles. The Morgan fingerprint density at radius 3 is 2.64 bits per heavy atom. The number of carbonyl (C=O) groups excluding carboxylic acids is 2. The number of aryl methyl sites for hydroxylation is 1. The molecule has 2 amide bonds. The van der Waals surface area contributed by atoms with Gasteiger partial charge in [0.25, 0.3) is 5.91 Å². The third kappa shape index (κ3) is 4.58. The molecule has 2 heterocycles. The van der Waals surface area contributed by atoms with Gasteiger partial charge in [-0.25, -0.2) is 4.98 Å². The van der Waals surface area contributed by atoms with Gasteiger partial charge in [-0.05, 0) is 37.4 Å². The third-order valence-electron chi connectivity index (χ3n) is 3.98. The number of amides is 2. The van der Waals surface area contributed by atoms with Crippen molar-refractivity contribution >= 4 is 40.6 Å². The normalized spacial score (nSPS) is 10.5. The third-order valence-corrected chi connectivity index (χ3v) is 5.95. The molecule has 0 aliphatic carbocycles. The van der Waals surface area contributed by atoms with E-state index in [9.17, 15) is 9.59 Å². The van der Waals surface area contributed by atoms with Crippen LogP contribution in [0.2, 0.25) is 0 Å². The lowest BCUT2D eigenvalue weighted by Crippen LogP contribution is -2.34. The Morgan fingerprint density at radius 2 is 1.93 bits per heavy atom. The van der Waals surface area contributed by atoms with Crippen molar-refractivity contribution in [1.82, 2.24) is 14.9 Å². The number of likely N-dealkylation sites (N-methyl/N-ethyl adjacent to an activating group) is 1. The number of hydrogen-bond acceptors (Lipinski definition) is 6. The first-order chi connectivity index (χ1) is 13.5. The minimum Gasteiger partial charge on any atom is -0.332 e. The number of nitrogens with one attached hydrogen (secondary N) is 1. The molecule has 28 heavy (non-hydrogen) atoms. The van der Waals surface area contributed by atoms with E-state index >= 15 is 0 Å². The highest BCUT2D eigenvalue weighted by atomic mass is 32.2. The van der Waals surface area contributed by atoms with Crippen LogP contribution in [0.15, 0.2) is 53.6 Å². The number of anilines is 1. The Morgan fingerprint density at radius 1 is 1.18 bits per heavy atom. The summed E-state index contributed by atoms with van der Waals surface area (Å²) in [7, 11) is 1.61. The maximum Gasteiger partial charge on any atom is 0.266 e. The molecule has 0 fully saturated rings. The fraction of sp³-hybridized carbons (Fsp3) is 0.200. The van der Waals surface area contributed by atoms with Crippen LogP contribution < -0.4 is 5.32 Å². The van der Waals surface area contributed by atoms with E-state index in [1.165, 1.54) is 16.2 Å². The van der Waals surface area contributed by atoms with Crippen molar-refractivity contribution in [2.75, 3.05) is 25.2 Å². The van der Waals surface area contributed by atoms with Crippen molar-refractivity contribution in [2.24, 2.45) is 0 Å². The van der Waals surface area contributed by atoms with Crippen LogP contribution in [-0.4, -0.2) is 46.5 Å². The highest BCUT2D eigenvalue weighted by Gasteiger charge is 2.21. The molecule has 0 bridgehead atoms. The van der Waals surface area contributed by atoms with Crippen LogP contribution in [0.3, 0.4) is 0 Å². The van der Waals surface area contributed by atoms with E-state index in [-0.39, 0.29) is 18.4 Å². The van der Waals surface area contributed by atoms with E-state index in [0.29, 0.717) is 15.6 Å². The van der Waals surface area contributed by atoms with E-state index in [2.05, 4.69) is 15.3 Å². The number of pyridine rings is 1. The lowest BCUT2D eigenvalue weighted by Gasteiger charge is -2.17. The van der Waals surface area contributed by atoms with Crippen LogP contribution in [-0.2, 0) is 4.79 Å². The number of thioether (sulfide) groups is 1. The Hall–Kier alpha value is -2.71. The fourth-order valence-electron chi connectivity index (χ4n) is 2.59. The molecule has 1 N–H and O–H groups in total. The molecule has 0 saturated heterocycles. The second-order valence-electron chi connectivity index (χ2n) is 6.06. The Balaban J connectivity index is 1.69. The summed E-state index contributed by atoms with van der Waals surface area (Å²) < 4.78 is 0. The van der Waals surface area contributed by atoms with Crippen molar-refractivity contribution in [2.45, 2.75) is 11.8 Å². The summed E-state index contributed by atoms with van der Waals surface area (Å²) in [5.74, 6) is -0.477. The Labute approximate surface area is 172 Å². The van der Waals surface area contributed by atoms with Crippen LogP contribution in [0, 0.1) is 6.92 Å². The highest BCUT2D eigenvalue weighted by molar-refractivity contribution is 7.98. The minimum absolute atomic E-state index is 0.0438. The summed E-state index contributed by atoms with van der Waals surface area (Å²) in [5, 5.41) is 3.56. The second kappa shape index (κ2) is 8.99. The van der Waals surface area contributed by atoms with Crippen molar-refractivity contribution < 1.29 is 9.59 Å². The summed E-state index contributed by atoms with van der Waals surface area (Å²) in [6.45, 7) is 1.75. The molecule has 0 radical (unpaired) electrons. The van der Waals surface area contributed by atoms with Crippen LogP contribution in [0.4, 0.5) is 5.69 Å². The van der Waals surface area contributed by atoms with Crippen molar-refractivity contribution in [3.05, 3.63) is 59.2 Å². The molecule has 0 atom stereocenters. The molecule has 8 heteroatoms. The number of benzene rings is 1. The predicted octanol–water partition coefficient (Wildman–Crippen LogP) is 3.95. The number of nitrogens with zero attached hydrogens (tertiary/aromatic N) is 3. The monoisotopic (exact) mass is 412 g/mol. The second-order valence-corrected chi connectivity index (χ2v) is 7.91. The van der Waals surface area contributed by atoms with Crippen LogP contribution in [0.5, 0.6) is 0 Å². The molecule has 3 rings (SSSR count). The fourth-order valence-corrected chi connectivity index (χ4v) is 4.18. The number of rotatable bonds is 6. The molecule has 3 aromatic rings. The van der Waals surface area contributed by atoms with Crippen molar-refractivity contribution in [1.29, 1.82) is 0 Å². The van der Waals surface area contributed by atoms with Crippen molar-refractivity contribution in [3.8, 4) is 10.7 Å². The largest absolute Gasteiger partial charge is 0.332 e. The topological polar surface area (TPSA) is 75.2 Å². The van der Waals surface area contributed by atoms with E-state index in [1.807, 2.05) is 48.7 Å². The van der Waals surface area contributed by atoms with Crippen molar-refractivity contribution in [3.63, 3.8) is 0 Å². The smallest absolute Gasteiger partial charge is 0.266 e. The number of hydrogen-bond donors (Lipinski definition) is 1. The maximum absolute atomic E-state index is 12.8. The first-order valence-electron chi connectivity index (χ1n) is 8.56. The molecule has 0 aliphatic heterocycles. The predicted molar refractivity (Wildman–Crippen MR) is 114 cm³/mol. The van der Waals surface area contributed by atoms with Gasteiger partial charge in [0, 0.05) is 18.1 Å². The van der Waals surface area contributed by atoms with Crippen LogP contribution in [0.25, 0.3) is 10.7 Å². The van der Waals surface area contributed by atoms with E-state index in [4.69, 9.17) is 0 Å². The van der Waals surface area contributed by atoms with Gasteiger partial charge in [-0.3, -0.25) is 14.6 Å². The molecule has 2 aromatic heterocycles. The lowest BCUT2D eigenvalue weighted by molar-refractivity contribution is -0.116. The first-order valence-corrected chi connectivity index (χ1v) is 10.6. The maximum atomic E-state index is 12.8. The van der Waals surface area contributed by atoms with E-state index < -0.39 is 0 Å². The van der Waals surface area contributed by atoms with Gasteiger partial charge in [-0.15, -0.1) is 23.1 Å². The van der Waals surface area contributed by atoms with Gasteiger partial charge < -0.3 is 10.2 Å². The molecule has 0 aliphatic rings. The Kier molecular flexibility index (Phi) is 6.43. The van der Waals surface area contributed by atoms with Gasteiger partial charge in [-0.2, -0.15) is 0 Å². The molecular weight excluding hydrogens is 392 g/mol. The van der Waals surface area contributed by atoms with E-state index in [1.54, 1.807) is 31.9 Å². The molecular formula is C20H20N4O2S2. The highest BCUT2D eigenvalue weighted by Crippen LogP contribution is 2.27. The van der Waals surface area contributed by atoms with Gasteiger partial charge in [0.2, 0.25) is 5.91 Å². The van der Waals surface area contributed by atoms with Crippen LogP contribution in [0.1, 0.15) is 15.4 Å². The number of para-hydroxylation sites is 1. The standard InChI is InChI=1S/C20H20N4O2S2/c1-13-18(28-19(22-13)15-9-6-7-11-21-15)20(26)24(2)12-17(25)23-14-8-4-5-10-16(14)27-3/h4-11H,12H2,1-3H3,(H,23,25). The van der Waals surface area contributed by atoms with Crippen LogP contribution >= 0.6 is 23.1 Å². The zero-order valence-electron chi connectivity index (χ0n) is 15.8. The zero-order valence-corrected chi connectivity index (χ0v) is 17.4. The van der Waals surface area contributed by atoms with Gasteiger partial charge in [0.05, 0.1) is 23.6 Å². The van der Waals surface area contributed by atoms with Gasteiger partial charge in [-0.1, -0.05) is 18.2 Å². The summed E-state index contributed by atoms with van der Waals surface area (Å²) >= 11 is 2.84. The average Bonchev–Trinajstić information content (AvgIpc) is 3.10. The minimum atomic E-state index is -0.246. The molecule has 0 spiro atoms. The number of carbonyl (C=O) groups is 2. The average molecular weight is 413 g/mol. The summed E-state index contributed by atoms with van der Waals surface area (Å²) in [5.41, 5.74) is 2.10.